The summed E-state index contributed by atoms with van der Waals surface area (Å²) >= 11 is 9.20. The van der Waals surface area contributed by atoms with Gasteiger partial charge in [-0.1, -0.05) is 25.4 Å². The fraction of sp³-hybridized carbons (Fsp3) is 0.533. The second-order valence-electron chi connectivity index (χ2n) is 5.35. The molecule has 2 atom stereocenters. The van der Waals surface area contributed by atoms with Crippen molar-refractivity contribution in [3.05, 3.63) is 27.7 Å². The third-order valence-electron chi connectivity index (χ3n) is 2.89. The molecule has 2 N–H and O–H groups in total. The van der Waals surface area contributed by atoms with Gasteiger partial charge in [-0.15, -0.1) is 0 Å². The summed E-state index contributed by atoms with van der Waals surface area (Å²) in [6.07, 6.45) is 0.0586. The Morgan fingerprint density at radius 1 is 1.43 bits per heavy atom. The van der Waals surface area contributed by atoms with Crippen molar-refractivity contribution in [2.75, 3.05) is 6.61 Å². The summed E-state index contributed by atoms with van der Waals surface area (Å²) < 4.78 is 6.30. The highest BCUT2D eigenvalue weighted by Gasteiger charge is 2.20. The SMILES string of the molecule is CC(C)CC(CO)NC(=O)C(C)Oc1ccc(Cl)cc1Br. The molecule has 0 bridgehead atoms. The lowest BCUT2D eigenvalue weighted by atomic mass is 10.0. The number of carbonyl (C=O) groups excluding carboxylic acids is 1. The maximum absolute atomic E-state index is 12.1. The molecule has 1 amide bonds. The standard InChI is InChI=1S/C15H21BrClNO3/c1-9(2)6-12(8-19)18-15(20)10(3)21-14-5-4-11(17)7-13(14)16/h4-5,7,9-10,12,19H,6,8H2,1-3H3,(H,18,20). The first-order chi connectivity index (χ1) is 9.83. The van der Waals surface area contributed by atoms with Crippen LogP contribution in [0.2, 0.25) is 5.02 Å². The van der Waals surface area contributed by atoms with Gasteiger partial charge in [-0.2, -0.15) is 0 Å². The molecule has 0 aliphatic carbocycles. The maximum atomic E-state index is 12.1. The lowest BCUT2D eigenvalue weighted by Crippen LogP contribution is -2.44. The molecule has 0 spiro atoms. The fourth-order valence-corrected chi connectivity index (χ4v) is 2.66. The molecular weight excluding hydrogens is 358 g/mol. The van der Waals surface area contributed by atoms with E-state index >= 15 is 0 Å². The molecule has 21 heavy (non-hydrogen) atoms. The number of benzene rings is 1. The van der Waals surface area contributed by atoms with Crippen LogP contribution in [0.15, 0.2) is 22.7 Å². The molecule has 1 aromatic carbocycles. The van der Waals surface area contributed by atoms with Gasteiger partial charge in [0.05, 0.1) is 17.1 Å². The molecule has 6 heteroatoms. The third kappa shape index (κ3) is 6.24. The van der Waals surface area contributed by atoms with Gasteiger partial charge in [0.15, 0.2) is 6.10 Å². The van der Waals surface area contributed by atoms with Crippen molar-refractivity contribution in [3.63, 3.8) is 0 Å². The van der Waals surface area contributed by atoms with E-state index in [1.165, 1.54) is 0 Å². The van der Waals surface area contributed by atoms with Gasteiger partial charge in [-0.25, -0.2) is 0 Å². The highest BCUT2D eigenvalue weighted by atomic mass is 79.9. The van der Waals surface area contributed by atoms with E-state index in [-0.39, 0.29) is 18.6 Å². The molecule has 1 rings (SSSR count). The van der Waals surface area contributed by atoms with E-state index < -0.39 is 6.10 Å². The summed E-state index contributed by atoms with van der Waals surface area (Å²) in [5.74, 6) is 0.687. The number of amides is 1. The molecule has 0 fully saturated rings. The largest absolute Gasteiger partial charge is 0.480 e. The van der Waals surface area contributed by atoms with E-state index in [1.54, 1.807) is 25.1 Å². The first-order valence-corrected chi connectivity index (χ1v) is 8.03. The average Bonchev–Trinajstić information content (AvgIpc) is 2.40. The Kier molecular flexibility index (Phi) is 7.49. The van der Waals surface area contributed by atoms with Gasteiger partial charge in [0.1, 0.15) is 5.75 Å². The molecule has 4 nitrogen and oxygen atoms in total. The molecule has 0 aromatic heterocycles. The number of carbonyl (C=O) groups is 1. The third-order valence-corrected chi connectivity index (χ3v) is 3.74. The molecule has 0 radical (unpaired) electrons. The normalized spacial score (nSPS) is 13.9. The lowest BCUT2D eigenvalue weighted by Gasteiger charge is -2.21. The van der Waals surface area contributed by atoms with Gasteiger partial charge in [0.25, 0.3) is 5.91 Å². The Balaban J connectivity index is 2.61. The minimum atomic E-state index is -0.663. The molecule has 0 aliphatic heterocycles. The first-order valence-electron chi connectivity index (χ1n) is 6.86. The Morgan fingerprint density at radius 2 is 2.10 bits per heavy atom. The Morgan fingerprint density at radius 3 is 2.62 bits per heavy atom. The van der Waals surface area contributed by atoms with Gasteiger partial charge in [0, 0.05) is 5.02 Å². The van der Waals surface area contributed by atoms with E-state index in [0.717, 1.165) is 6.42 Å². The van der Waals surface area contributed by atoms with Crippen molar-refractivity contribution in [2.45, 2.75) is 39.3 Å². The van der Waals surface area contributed by atoms with E-state index in [0.29, 0.717) is 21.2 Å². The molecule has 0 aliphatic rings. The molecule has 118 valence electrons. The molecule has 1 aromatic rings. The number of aliphatic hydroxyl groups excluding tert-OH is 1. The van der Waals surface area contributed by atoms with Gasteiger partial charge in [0.2, 0.25) is 0 Å². The summed E-state index contributed by atoms with van der Waals surface area (Å²) in [7, 11) is 0. The van der Waals surface area contributed by atoms with Gasteiger partial charge >= 0.3 is 0 Å². The summed E-state index contributed by atoms with van der Waals surface area (Å²) in [6, 6.07) is 4.85. The summed E-state index contributed by atoms with van der Waals surface area (Å²) in [6.45, 7) is 5.67. The Labute approximate surface area is 139 Å². The topological polar surface area (TPSA) is 58.6 Å². The first kappa shape index (κ1) is 18.3. The number of aliphatic hydroxyl groups is 1. The lowest BCUT2D eigenvalue weighted by molar-refractivity contribution is -0.128. The zero-order valence-electron chi connectivity index (χ0n) is 12.4. The minimum Gasteiger partial charge on any atom is -0.480 e. The van der Waals surface area contributed by atoms with Crippen molar-refractivity contribution < 1.29 is 14.6 Å². The zero-order valence-corrected chi connectivity index (χ0v) is 14.7. The van der Waals surface area contributed by atoms with E-state index in [1.807, 2.05) is 13.8 Å². The smallest absolute Gasteiger partial charge is 0.261 e. The summed E-state index contributed by atoms with van der Waals surface area (Å²) in [5, 5.41) is 12.7. The molecule has 0 saturated carbocycles. The number of rotatable bonds is 7. The Bertz CT molecular complexity index is 482. The second kappa shape index (κ2) is 8.61. The Hall–Kier alpha value is -0.780. The van der Waals surface area contributed by atoms with Crippen LogP contribution in [0.25, 0.3) is 0 Å². The number of ether oxygens (including phenoxy) is 1. The van der Waals surface area contributed by atoms with E-state index in [9.17, 15) is 9.90 Å². The predicted molar refractivity (Wildman–Crippen MR) is 87.7 cm³/mol. The van der Waals surface area contributed by atoms with Crippen LogP contribution >= 0.6 is 27.5 Å². The van der Waals surface area contributed by atoms with Crippen molar-refractivity contribution >= 4 is 33.4 Å². The zero-order chi connectivity index (χ0) is 16.0. The number of hydrogen-bond acceptors (Lipinski definition) is 3. The van der Waals surface area contributed by atoms with Crippen molar-refractivity contribution in [1.82, 2.24) is 5.32 Å². The van der Waals surface area contributed by atoms with Crippen LogP contribution in [-0.4, -0.2) is 29.8 Å². The minimum absolute atomic E-state index is 0.0821. The van der Waals surface area contributed by atoms with Gasteiger partial charge in [-0.3, -0.25) is 4.79 Å². The van der Waals surface area contributed by atoms with Crippen LogP contribution in [-0.2, 0) is 4.79 Å². The predicted octanol–water partition coefficient (Wildman–Crippen LogP) is 3.39. The van der Waals surface area contributed by atoms with Crippen molar-refractivity contribution in [1.29, 1.82) is 0 Å². The van der Waals surface area contributed by atoms with Gasteiger partial charge < -0.3 is 15.2 Å². The molecule has 0 saturated heterocycles. The van der Waals surface area contributed by atoms with Crippen LogP contribution in [0.3, 0.4) is 0 Å². The monoisotopic (exact) mass is 377 g/mol. The van der Waals surface area contributed by atoms with E-state index in [2.05, 4.69) is 21.2 Å². The van der Waals surface area contributed by atoms with Crippen LogP contribution in [0.5, 0.6) is 5.75 Å². The molecule has 2 unspecified atom stereocenters. The van der Waals surface area contributed by atoms with Crippen molar-refractivity contribution in [3.8, 4) is 5.75 Å². The van der Waals surface area contributed by atoms with Crippen LogP contribution in [0, 0.1) is 5.92 Å². The second-order valence-corrected chi connectivity index (χ2v) is 6.64. The summed E-state index contributed by atoms with van der Waals surface area (Å²) in [5.41, 5.74) is 0. The molecule has 0 heterocycles. The van der Waals surface area contributed by atoms with E-state index in [4.69, 9.17) is 16.3 Å². The average molecular weight is 379 g/mol. The highest BCUT2D eigenvalue weighted by molar-refractivity contribution is 9.10. The van der Waals surface area contributed by atoms with Crippen LogP contribution in [0.1, 0.15) is 27.2 Å². The quantitative estimate of drug-likeness (QED) is 0.764. The maximum Gasteiger partial charge on any atom is 0.261 e. The molecular formula is C15H21BrClNO3. The fourth-order valence-electron chi connectivity index (χ4n) is 1.88. The van der Waals surface area contributed by atoms with Gasteiger partial charge in [-0.05, 0) is 53.4 Å². The highest BCUT2D eigenvalue weighted by Crippen LogP contribution is 2.28. The van der Waals surface area contributed by atoms with Crippen LogP contribution in [0.4, 0.5) is 0 Å². The number of hydrogen-bond donors (Lipinski definition) is 2. The van der Waals surface area contributed by atoms with Crippen molar-refractivity contribution in [2.24, 2.45) is 5.92 Å². The summed E-state index contributed by atoms with van der Waals surface area (Å²) in [4.78, 5) is 12.1. The van der Waals surface area contributed by atoms with Crippen LogP contribution < -0.4 is 10.1 Å². The number of halogens is 2. The number of nitrogens with one attached hydrogen (secondary N) is 1.